The van der Waals surface area contributed by atoms with Gasteiger partial charge in [-0.3, -0.25) is 4.79 Å². The average molecular weight is 333 g/mol. The number of hydrogen-bond donors (Lipinski definition) is 1. The minimum atomic E-state index is -0.552. The lowest BCUT2D eigenvalue weighted by molar-refractivity contribution is 0.0781. The zero-order valence-electron chi connectivity index (χ0n) is 10.1. The zero-order chi connectivity index (χ0) is 13.9. The van der Waals surface area contributed by atoms with Crippen LogP contribution in [0.4, 0.5) is 4.39 Å². The molecular formula is C12H14BrFN2OS. The second-order valence-corrected chi connectivity index (χ2v) is 5.41. The first-order valence-electron chi connectivity index (χ1n) is 5.33. The summed E-state index contributed by atoms with van der Waals surface area (Å²) in [5.74, 6) is -1.06. The average Bonchev–Trinajstić information content (AvgIpc) is 2.28. The summed E-state index contributed by atoms with van der Waals surface area (Å²) in [6.45, 7) is 2.18. The summed E-state index contributed by atoms with van der Waals surface area (Å²) < 4.78 is 14.1. The SMILES string of the molecule is CC(CN(C)C(=O)c1c(F)cccc1Br)C(N)=S. The molecule has 0 heterocycles. The fourth-order valence-corrected chi connectivity index (χ4v) is 2.06. The second-order valence-electron chi connectivity index (χ2n) is 4.09. The smallest absolute Gasteiger partial charge is 0.257 e. The van der Waals surface area contributed by atoms with E-state index in [4.69, 9.17) is 18.0 Å². The van der Waals surface area contributed by atoms with E-state index in [1.807, 2.05) is 6.92 Å². The van der Waals surface area contributed by atoms with E-state index >= 15 is 0 Å². The van der Waals surface area contributed by atoms with Crippen molar-refractivity contribution in [1.82, 2.24) is 4.90 Å². The van der Waals surface area contributed by atoms with Crippen LogP contribution >= 0.6 is 28.1 Å². The molecule has 1 amide bonds. The number of amides is 1. The normalized spacial score (nSPS) is 12.0. The first kappa shape index (κ1) is 15.0. The van der Waals surface area contributed by atoms with Crippen molar-refractivity contribution in [2.45, 2.75) is 6.92 Å². The zero-order valence-corrected chi connectivity index (χ0v) is 12.5. The topological polar surface area (TPSA) is 46.3 Å². The molecule has 0 aliphatic heterocycles. The van der Waals surface area contributed by atoms with Gasteiger partial charge in [0.1, 0.15) is 5.82 Å². The Morgan fingerprint density at radius 3 is 2.72 bits per heavy atom. The van der Waals surface area contributed by atoms with E-state index < -0.39 is 11.7 Å². The van der Waals surface area contributed by atoms with Crippen LogP contribution in [-0.2, 0) is 0 Å². The van der Waals surface area contributed by atoms with Gasteiger partial charge in [0.15, 0.2) is 0 Å². The lowest BCUT2D eigenvalue weighted by Gasteiger charge is -2.21. The quantitative estimate of drug-likeness (QED) is 0.862. The molecule has 0 aromatic heterocycles. The molecule has 0 bridgehead atoms. The van der Waals surface area contributed by atoms with E-state index in [0.29, 0.717) is 16.0 Å². The predicted octanol–water partition coefficient (Wildman–Crippen LogP) is 2.58. The largest absolute Gasteiger partial charge is 0.393 e. The maximum absolute atomic E-state index is 13.6. The summed E-state index contributed by atoms with van der Waals surface area (Å²) in [6, 6.07) is 4.41. The summed E-state index contributed by atoms with van der Waals surface area (Å²) in [7, 11) is 1.59. The number of benzene rings is 1. The van der Waals surface area contributed by atoms with E-state index in [2.05, 4.69) is 15.9 Å². The molecule has 0 saturated carbocycles. The second kappa shape index (κ2) is 6.24. The minimum absolute atomic E-state index is 0.0233. The van der Waals surface area contributed by atoms with Gasteiger partial charge in [0.05, 0.1) is 10.6 Å². The molecule has 1 rings (SSSR count). The molecule has 2 N–H and O–H groups in total. The lowest BCUT2D eigenvalue weighted by Crippen LogP contribution is -2.36. The van der Waals surface area contributed by atoms with E-state index in [1.54, 1.807) is 13.1 Å². The van der Waals surface area contributed by atoms with Crippen LogP contribution in [0.2, 0.25) is 0 Å². The van der Waals surface area contributed by atoms with Crippen molar-refractivity contribution in [2.75, 3.05) is 13.6 Å². The summed E-state index contributed by atoms with van der Waals surface area (Å²) in [5, 5.41) is 0. The van der Waals surface area contributed by atoms with Gasteiger partial charge in [0.2, 0.25) is 0 Å². The fourth-order valence-electron chi connectivity index (χ4n) is 1.48. The molecule has 98 valence electrons. The highest BCUT2D eigenvalue weighted by atomic mass is 79.9. The number of hydrogen-bond acceptors (Lipinski definition) is 2. The van der Waals surface area contributed by atoms with Crippen LogP contribution in [0.25, 0.3) is 0 Å². The van der Waals surface area contributed by atoms with E-state index in [9.17, 15) is 9.18 Å². The van der Waals surface area contributed by atoms with Gasteiger partial charge in [-0.2, -0.15) is 0 Å². The standard InChI is InChI=1S/C12H14BrFN2OS/c1-7(11(15)18)6-16(2)12(17)10-8(13)4-3-5-9(10)14/h3-5,7H,6H2,1-2H3,(H2,15,18). The Morgan fingerprint density at radius 2 is 2.22 bits per heavy atom. The molecule has 0 aliphatic rings. The van der Waals surface area contributed by atoms with Crippen molar-refractivity contribution in [3.05, 3.63) is 34.1 Å². The van der Waals surface area contributed by atoms with Gasteiger partial charge in [0, 0.05) is 24.0 Å². The van der Waals surface area contributed by atoms with Crippen molar-refractivity contribution in [3.63, 3.8) is 0 Å². The third kappa shape index (κ3) is 3.49. The van der Waals surface area contributed by atoms with Crippen molar-refractivity contribution in [3.8, 4) is 0 Å². The molecule has 1 atom stereocenters. The minimum Gasteiger partial charge on any atom is -0.393 e. The highest BCUT2D eigenvalue weighted by Gasteiger charge is 2.21. The van der Waals surface area contributed by atoms with Crippen LogP contribution in [0, 0.1) is 11.7 Å². The maximum Gasteiger partial charge on any atom is 0.257 e. The van der Waals surface area contributed by atoms with Crippen LogP contribution < -0.4 is 5.73 Å². The molecule has 6 heteroatoms. The summed E-state index contributed by atoms with van der Waals surface area (Å²) in [6.07, 6.45) is 0. The Balaban J connectivity index is 2.90. The number of rotatable bonds is 4. The highest BCUT2D eigenvalue weighted by molar-refractivity contribution is 9.10. The highest BCUT2D eigenvalue weighted by Crippen LogP contribution is 2.21. The van der Waals surface area contributed by atoms with Crippen molar-refractivity contribution < 1.29 is 9.18 Å². The Morgan fingerprint density at radius 1 is 1.61 bits per heavy atom. The van der Waals surface area contributed by atoms with Gasteiger partial charge in [-0.05, 0) is 28.1 Å². The summed E-state index contributed by atoms with van der Waals surface area (Å²) in [4.78, 5) is 13.9. The van der Waals surface area contributed by atoms with Crippen LogP contribution in [0.1, 0.15) is 17.3 Å². The predicted molar refractivity (Wildman–Crippen MR) is 77.0 cm³/mol. The number of halogens is 2. The van der Waals surface area contributed by atoms with Gasteiger partial charge in [0.25, 0.3) is 5.91 Å². The summed E-state index contributed by atoms with van der Waals surface area (Å²) in [5.41, 5.74) is 5.52. The Bertz CT molecular complexity index is 461. The molecule has 0 fully saturated rings. The molecule has 1 unspecified atom stereocenters. The molecule has 1 aromatic rings. The Kier molecular flexibility index (Phi) is 5.22. The fraction of sp³-hybridized carbons (Fsp3) is 0.333. The lowest BCUT2D eigenvalue weighted by atomic mass is 10.1. The van der Waals surface area contributed by atoms with E-state index in [1.165, 1.54) is 17.0 Å². The molecular weight excluding hydrogens is 319 g/mol. The molecule has 1 aromatic carbocycles. The molecule has 0 aliphatic carbocycles. The number of carbonyl (C=O) groups excluding carboxylic acids is 1. The van der Waals surface area contributed by atoms with Crippen LogP contribution in [-0.4, -0.2) is 29.4 Å². The Labute approximate surface area is 119 Å². The van der Waals surface area contributed by atoms with Gasteiger partial charge < -0.3 is 10.6 Å². The number of carbonyl (C=O) groups is 1. The third-order valence-electron chi connectivity index (χ3n) is 2.56. The molecule has 3 nitrogen and oxygen atoms in total. The van der Waals surface area contributed by atoms with Gasteiger partial charge in [-0.1, -0.05) is 25.2 Å². The van der Waals surface area contributed by atoms with E-state index in [-0.39, 0.29) is 11.5 Å². The molecule has 18 heavy (non-hydrogen) atoms. The van der Waals surface area contributed by atoms with Crippen molar-refractivity contribution in [1.29, 1.82) is 0 Å². The van der Waals surface area contributed by atoms with E-state index in [0.717, 1.165) is 0 Å². The summed E-state index contributed by atoms with van der Waals surface area (Å²) >= 11 is 8.02. The van der Waals surface area contributed by atoms with Gasteiger partial charge in [-0.25, -0.2) is 4.39 Å². The first-order chi connectivity index (χ1) is 8.34. The van der Waals surface area contributed by atoms with Gasteiger partial charge >= 0.3 is 0 Å². The first-order valence-corrected chi connectivity index (χ1v) is 6.53. The van der Waals surface area contributed by atoms with Crippen molar-refractivity contribution in [2.24, 2.45) is 11.7 Å². The van der Waals surface area contributed by atoms with Crippen LogP contribution in [0.3, 0.4) is 0 Å². The van der Waals surface area contributed by atoms with Crippen LogP contribution in [0.15, 0.2) is 22.7 Å². The van der Waals surface area contributed by atoms with Gasteiger partial charge in [-0.15, -0.1) is 0 Å². The molecule has 0 spiro atoms. The monoisotopic (exact) mass is 332 g/mol. The number of nitrogens with two attached hydrogens (primary N) is 1. The third-order valence-corrected chi connectivity index (χ3v) is 3.62. The molecule has 0 saturated heterocycles. The number of nitrogens with zero attached hydrogens (tertiary/aromatic N) is 1. The van der Waals surface area contributed by atoms with Crippen LogP contribution in [0.5, 0.6) is 0 Å². The Hall–Kier alpha value is -1.01. The number of thiocarbonyl (C=S) groups is 1. The molecule has 0 radical (unpaired) electrons. The van der Waals surface area contributed by atoms with Crippen molar-refractivity contribution >= 4 is 39.0 Å². The maximum atomic E-state index is 13.6.